The third kappa shape index (κ3) is 4.34. The molecule has 0 saturated carbocycles. The van der Waals surface area contributed by atoms with E-state index in [4.69, 9.17) is 10.1 Å². The molecule has 2 bridgehead atoms. The number of aromatic nitrogens is 3. The third-order valence-electron chi connectivity index (χ3n) is 6.97. The van der Waals surface area contributed by atoms with Crippen LogP contribution in [-0.2, 0) is 6.42 Å². The van der Waals surface area contributed by atoms with E-state index in [9.17, 15) is 4.79 Å². The van der Waals surface area contributed by atoms with Gasteiger partial charge in [0.25, 0.3) is 5.91 Å². The molecule has 0 radical (unpaired) electrons. The SMILES string of the molecule is Cc1ccc2c(c1)C(=O)N1CCCCC1c1cc3nc(C)cc(n3n1)N(C)CCNCCC2. The number of rotatable bonds is 0. The van der Waals surface area contributed by atoms with Crippen LogP contribution in [-0.4, -0.2) is 58.6 Å². The Bertz CT molecular complexity index is 1170. The van der Waals surface area contributed by atoms with E-state index in [2.05, 4.69) is 59.4 Å². The molecular weight excluding hydrogens is 412 g/mol. The highest BCUT2D eigenvalue weighted by Gasteiger charge is 2.32. The highest BCUT2D eigenvalue weighted by Crippen LogP contribution is 2.33. The zero-order valence-electron chi connectivity index (χ0n) is 20.0. The molecule has 33 heavy (non-hydrogen) atoms. The number of nitrogens with zero attached hydrogens (tertiary/aromatic N) is 5. The number of hydrogen-bond acceptors (Lipinski definition) is 5. The quantitative estimate of drug-likeness (QED) is 0.571. The summed E-state index contributed by atoms with van der Waals surface area (Å²) in [4.78, 5) is 22.9. The van der Waals surface area contributed by atoms with Gasteiger partial charge in [0.05, 0.1) is 11.7 Å². The molecule has 2 aliphatic heterocycles. The van der Waals surface area contributed by atoms with Crippen LogP contribution in [0.5, 0.6) is 0 Å². The molecule has 174 valence electrons. The minimum atomic E-state index is -0.0191. The summed E-state index contributed by atoms with van der Waals surface area (Å²) < 4.78 is 1.95. The average molecular weight is 447 g/mol. The van der Waals surface area contributed by atoms with Crippen molar-refractivity contribution >= 4 is 17.4 Å². The molecule has 7 heteroatoms. The Hall–Kier alpha value is -2.93. The average Bonchev–Trinajstić information content (AvgIpc) is 3.24. The smallest absolute Gasteiger partial charge is 0.254 e. The maximum Gasteiger partial charge on any atom is 0.254 e. The van der Waals surface area contributed by atoms with E-state index in [-0.39, 0.29) is 11.9 Å². The van der Waals surface area contributed by atoms with Crippen molar-refractivity contribution in [3.8, 4) is 0 Å². The molecule has 7 nitrogen and oxygen atoms in total. The van der Waals surface area contributed by atoms with Crippen molar-refractivity contribution in [2.45, 2.75) is 52.0 Å². The van der Waals surface area contributed by atoms with E-state index in [1.54, 1.807) is 0 Å². The fourth-order valence-electron chi connectivity index (χ4n) is 5.17. The number of carbonyl (C=O) groups excluding carboxylic acids is 1. The van der Waals surface area contributed by atoms with Gasteiger partial charge in [-0.15, -0.1) is 0 Å². The molecule has 4 heterocycles. The normalized spacial score (nSPS) is 20.2. The minimum Gasteiger partial charge on any atom is -0.358 e. The number of aryl methyl sites for hydroxylation is 3. The van der Waals surface area contributed by atoms with Crippen molar-refractivity contribution in [3.05, 3.63) is 58.4 Å². The van der Waals surface area contributed by atoms with Gasteiger partial charge in [-0.3, -0.25) is 4.79 Å². The van der Waals surface area contributed by atoms with Gasteiger partial charge in [0, 0.05) is 50.1 Å². The van der Waals surface area contributed by atoms with Crippen LogP contribution in [0.2, 0.25) is 0 Å². The van der Waals surface area contributed by atoms with Gasteiger partial charge in [-0.25, -0.2) is 4.98 Å². The molecule has 1 fully saturated rings. The van der Waals surface area contributed by atoms with E-state index in [0.717, 1.165) is 97.8 Å². The zero-order chi connectivity index (χ0) is 22.9. The van der Waals surface area contributed by atoms with Crippen molar-refractivity contribution in [1.82, 2.24) is 24.8 Å². The van der Waals surface area contributed by atoms with Crippen LogP contribution in [0.1, 0.15) is 64.6 Å². The van der Waals surface area contributed by atoms with Gasteiger partial charge in [0.2, 0.25) is 0 Å². The second-order valence-corrected chi connectivity index (χ2v) is 9.54. The van der Waals surface area contributed by atoms with Crippen molar-refractivity contribution in [2.24, 2.45) is 0 Å². The summed E-state index contributed by atoms with van der Waals surface area (Å²) in [6.45, 7) is 7.57. The van der Waals surface area contributed by atoms with Crippen LogP contribution < -0.4 is 10.2 Å². The first-order valence-electron chi connectivity index (χ1n) is 12.2. The summed E-state index contributed by atoms with van der Waals surface area (Å²) in [5.74, 6) is 1.17. The van der Waals surface area contributed by atoms with Crippen molar-refractivity contribution in [3.63, 3.8) is 0 Å². The van der Waals surface area contributed by atoms with E-state index < -0.39 is 0 Å². The van der Waals surface area contributed by atoms with Crippen molar-refractivity contribution in [1.29, 1.82) is 0 Å². The highest BCUT2D eigenvalue weighted by atomic mass is 16.2. The summed E-state index contributed by atoms with van der Waals surface area (Å²) >= 11 is 0. The molecule has 1 atom stereocenters. The van der Waals surface area contributed by atoms with Crippen LogP contribution >= 0.6 is 0 Å². The van der Waals surface area contributed by atoms with Gasteiger partial charge in [0.1, 0.15) is 5.82 Å². The fourth-order valence-corrected chi connectivity index (χ4v) is 5.17. The molecule has 0 aliphatic carbocycles. The Morgan fingerprint density at radius 2 is 1.91 bits per heavy atom. The third-order valence-corrected chi connectivity index (χ3v) is 6.97. The van der Waals surface area contributed by atoms with E-state index >= 15 is 0 Å². The van der Waals surface area contributed by atoms with Gasteiger partial charge in [0.15, 0.2) is 5.65 Å². The molecular formula is C26H34N6O. The van der Waals surface area contributed by atoms with Gasteiger partial charge in [-0.2, -0.15) is 9.61 Å². The molecule has 5 rings (SSSR count). The predicted molar refractivity (Wildman–Crippen MR) is 131 cm³/mol. The Morgan fingerprint density at radius 3 is 2.79 bits per heavy atom. The Morgan fingerprint density at radius 1 is 1.03 bits per heavy atom. The van der Waals surface area contributed by atoms with Crippen LogP contribution in [0.4, 0.5) is 5.82 Å². The first-order valence-corrected chi connectivity index (χ1v) is 12.2. The van der Waals surface area contributed by atoms with Gasteiger partial charge < -0.3 is 15.1 Å². The van der Waals surface area contributed by atoms with E-state index in [1.165, 1.54) is 0 Å². The highest BCUT2D eigenvalue weighted by molar-refractivity contribution is 5.96. The number of hydrogen-bond donors (Lipinski definition) is 1. The Balaban J connectivity index is 1.62. The monoisotopic (exact) mass is 446 g/mol. The number of fused-ring (bicyclic) bond motifs is 4. The van der Waals surface area contributed by atoms with Crippen LogP contribution in [0, 0.1) is 13.8 Å². The number of benzene rings is 1. The maximum absolute atomic E-state index is 13.9. The van der Waals surface area contributed by atoms with E-state index in [0.29, 0.717) is 0 Å². The van der Waals surface area contributed by atoms with Gasteiger partial charge in [-0.05, 0) is 64.1 Å². The number of amides is 1. The molecule has 1 aromatic carbocycles. The second-order valence-electron chi connectivity index (χ2n) is 9.54. The molecule has 1 saturated heterocycles. The predicted octanol–water partition coefficient (Wildman–Crippen LogP) is 3.69. The molecule has 0 spiro atoms. The molecule has 2 aliphatic rings. The molecule has 1 unspecified atom stereocenters. The topological polar surface area (TPSA) is 65.8 Å². The summed E-state index contributed by atoms with van der Waals surface area (Å²) in [5, 5.41) is 8.57. The Labute approximate surface area is 195 Å². The second kappa shape index (κ2) is 9.14. The lowest BCUT2D eigenvalue weighted by atomic mass is 9.95. The van der Waals surface area contributed by atoms with Gasteiger partial charge >= 0.3 is 0 Å². The summed E-state index contributed by atoms with van der Waals surface area (Å²) in [6, 6.07) is 10.5. The van der Waals surface area contributed by atoms with Crippen molar-refractivity contribution in [2.75, 3.05) is 38.1 Å². The number of piperidine rings is 1. The van der Waals surface area contributed by atoms with Gasteiger partial charge in [-0.1, -0.05) is 17.7 Å². The molecule has 2 aromatic heterocycles. The molecule has 1 amide bonds. The fraction of sp³-hybridized carbons (Fsp3) is 0.500. The standard InChI is InChI=1S/C26H34N6O/c1-18-9-10-20-7-6-11-27-12-14-30(3)25-16-19(2)28-24-17-22(29-32(24)25)23-8-4-5-13-31(23)26(33)21(20)15-18/h9-10,15-17,23,27H,4-8,11-14H2,1-3H3. The van der Waals surface area contributed by atoms with Crippen LogP contribution in [0.3, 0.4) is 0 Å². The van der Waals surface area contributed by atoms with Crippen LogP contribution in [0.15, 0.2) is 30.3 Å². The maximum atomic E-state index is 13.9. The van der Waals surface area contributed by atoms with Crippen molar-refractivity contribution < 1.29 is 4.79 Å². The summed E-state index contributed by atoms with van der Waals surface area (Å²) in [5.41, 5.74) is 5.89. The largest absolute Gasteiger partial charge is 0.358 e. The lowest BCUT2D eigenvalue weighted by Gasteiger charge is -2.35. The molecule has 3 aromatic rings. The minimum absolute atomic E-state index is 0.0191. The zero-order valence-corrected chi connectivity index (χ0v) is 20.0. The Kier molecular flexibility index (Phi) is 6.06. The first kappa shape index (κ1) is 21.9. The number of nitrogens with one attached hydrogen (secondary N) is 1. The number of likely N-dealkylation sites (N-methyl/N-ethyl adjacent to an activating group) is 1. The first-order chi connectivity index (χ1) is 16.0. The number of carbonyl (C=O) groups is 1. The summed E-state index contributed by atoms with van der Waals surface area (Å²) in [6.07, 6.45) is 4.99. The lowest BCUT2D eigenvalue weighted by molar-refractivity contribution is 0.0604. The lowest BCUT2D eigenvalue weighted by Crippen LogP contribution is -2.39. The van der Waals surface area contributed by atoms with Crippen LogP contribution in [0.25, 0.3) is 5.65 Å². The summed E-state index contributed by atoms with van der Waals surface area (Å²) in [7, 11) is 2.11. The molecule has 1 N–H and O–H groups in total. The number of anilines is 1. The van der Waals surface area contributed by atoms with E-state index in [1.807, 2.05) is 11.4 Å².